The molecule has 0 saturated heterocycles. The van der Waals surface area contributed by atoms with Crippen LogP contribution < -0.4 is 5.14 Å². The summed E-state index contributed by atoms with van der Waals surface area (Å²) in [4.78, 5) is 0. The van der Waals surface area contributed by atoms with Crippen LogP contribution in [0.4, 0.5) is 4.39 Å². The number of hydrogen-bond donors (Lipinski definition) is 1. The summed E-state index contributed by atoms with van der Waals surface area (Å²) in [6.45, 7) is 0. The van der Waals surface area contributed by atoms with Crippen molar-refractivity contribution in [1.29, 1.82) is 0 Å². The van der Waals surface area contributed by atoms with Gasteiger partial charge in [0.1, 0.15) is 5.82 Å². The zero-order valence-corrected chi connectivity index (χ0v) is 11.8. The molecular weight excluding hydrogens is 295 g/mol. The topological polar surface area (TPSA) is 90.9 Å². The van der Waals surface area contributed by atoms with Crippen LogP contribution in [-0.2, 0) is 17.1 Å². The van der Waals surface area contributed by atoms with E-state index in [1.165, 1.54) is 23.7 Å². The molecule has 0 fully saturated rings. The molecule has 1 aromatic heterocycles. The molecule has 1 heterocycles. The third-order valence-electron chi connectivity index (χ3n) is 3.20. The molecule has 2 aromatic carbocycles. The fourth-order valence-corrected chi connectivity index (χ4v) is 2.88. The minimum Gasteiger partial charge on any atom is -0.300 e. The summed E-state index contributed by atoms with van der Waals surface area (Å²) in [5, 5.41) is 13.2. The first kappa shape index (κ1) is 13.7. The van der Waals surface area contributed by atoms with Gasteiger partial charge in [0, 0.05) is 18.0 Å². The number of halogens is 1. The monoisotopic (exact) mass is 306 g/mol. The Morgan fingerprint density at radius 2 is 1.76 bits per heavy atom. The zero-order chi connectivity index (χ0) is 15.2. The number of fused-ring (bicyclic) bond motifs is 1. The largest absolute Gasteiger partial charge is 0.300 e. The van der Waals surface area contributed by atoms with Gasteiger partial charge in [0.2, 0.25) is 0 Å². The van der Waals surface area contributed by atoms with Gasteiger partial charge in [0.05, 0.1) is 0 Å². The van der Waals surface area contributed by atoms with E-state index in [4.69, 9.17) is 5.14 Å². The van der Waals surface area contributed by atoms with Gasteiger partial charge < -0.3 is 0 Å². The van der Waals surface area contributed by atoms with Gasteiger partial charge in [0.15, 0.2) is 5.82 Å². The van der Waals surface area contributed by atoms with Crippen molar-refractivity contribution in [3.8, 4) is 11.4 Å². The fourth-order valence-electron chi connectivity index (χ4n) is 2.25. The van der Waals surface area contributed by atoms with Crippen molar-refractivity contribution in [2.24, 2.45) is 12.2 Å². The lowest BCUT2D eigenvalue weighted by Crippen LogP contribution is -2.17. The lowest BCUT2D eigenvalue weighted by Gasteiger charge is -2.07. The Hall–Kier alpha value is -2.32. The summed E-state index contributed by atoms with van der Waals surface area (Å²) in [6, 6.07) is 9.71. The minimum atomic E-state index is -3.97. The maximum Gasteiger partial charge on any atom is 0.273 e. The highest BCUT2D eigenvalue weighted by atomic mass is 32.2. The van der Waals surface area contributed by atoms with Crippen LogP contribution in [-0.4, -0.2) is 23.2 Å². The summed E-state index contributed by atoms with van der Waals surface area (Å²) in [5.74, 6) is -0.0570. The summed E-state index contributed by atoms with van der Waals surface area (Å²) < 4.78 is 37.9. The van der Waals surface area contributed by atoms with Crippen LogP contribution in [0.15, 0.2) is 41.6 Å². The van der Waals surface area contributed by atoms with Crippen molar-refractivity contribution in [2.45, 2.75) is 5.16 Å². The van der Waals surface area contributed by atoms with E-state index in [9.17, 15) is 12.8 Å². The predicted octanol–water partition coefficient (Wildman–Crippen LogP) is 1.42. The van der Waals surface area contributed by atoms with E-state index < -0.39 is 10.0 Å². The highest BCUT2D eigenvalue weighted by Crippen LogP contribution is 2.29. The molecule has 21 heavy (non-hydrogen) atoms. The van der Waals surface area contributed by atoms with Crippen LogP contribution >= 0.6 is 0 Å². The maximum absolute atomic E-state index is 13.8. The zero-order valence-electron chi connectivity index (χ0n) is 11.0. The van der Waals surface area contributed by atoms with E-state index in [0.717, 1.165) is 0 Å². The predicted molar refractivity (Wildman–Crippen MR) is 75.3 cm³/mol. The summed E-state index contributed by atoms with van der Waals surface area (Å²) in [5.41, 5.74) is 0.580. The Morgan fingerprint density at radius 1 is 1.10 bits per heavy atom. The lowest BCUT2D eigenvalue weighted by atomic mass is 10.0. The van der Waals surface area contributed by atoms with Crippen molar-refractivity contribution >= 4 is 20.8 Å². The molecule has 2 N–H and O–H groups in total. The highest BCUT2D eigenvalue weighted by Gasteiger charge is 2.20. The van der Waals surface area contributed by atoms with E-state index in [0.29, 0.717) is 22.2 Å². The summed E-state index contributed by atoms with van der Waals surface area (Å²) in [7, 11) is -2.47. The Morgan fingerprint density at radius 3 is 2.38 bits per heavy atom. The first-order valence-electron chi connectivity index (χ1n) is 5.99. The number of sulfonamides is 1. The second kappa shape index (κ2) is 4.61. The molecule has 3 rings (SSSR count). The molecule has 0 amide bonds. The molecule has 0 atom stereocenters. The van der Waals surface area contributed by atoms with Gasteiger partial charge >= 0.3 is 0 Å². The van der Waals surface area contributed by atoms with E-state index in [-0.39, 0.29) is 11.0 Å². The molecule has 0 aliphatic heterocycles. The van der Waals surface area contributed by atoms with Gasteiger partial charge in [-0.25, -0.2) is 17.9 Å². The van der Waals surface area contributed by atoms with Crippen LogP contribution in [0.25, 0.3) is 22.2 Å². The summed E-state index contributed by atoms with van der Waals surface area (Å²) >= 11 is 0. The quantitative estimate of drug-likeness (QED) is 0.775. The van der Waals surface area contributed by atoms with Crippen molar-refractivity contribution in [2.75, 3.05) is 0 Å². The first-order valence-corrected chi connectivity index (χ1v) is 7.54. The second-order valence-electron chi connectivity index (χ2n) is 4.55. The molecule has 3 aromatic rings. The van der Waals surface area contributed by atoms with E-state index in [2.05, 4.69) is 10.2 Å². The molecule has 0 bridgehead atoms. The van der Waals surface area contributed by atoms with Gasteiger partial charge in [-0.3, -0.25) is 4.57 Å². The number of primary sulfonamides is 1. The second-order valence-corrected chi connectivity index (χ2v) is 6.01. The molecule has 0 saturated carbocycles. The number of nitrogens with zero attached hydrogens (tertiary/aromatic N) is 3. The molecule has 0 unspecified atom stereocenters. The molecular formula is C13H11FN4O2S. The smallest absolute Gasteiger partial charge is 0.273 e. The lowest BCUT2D eigenvalue weighted by molar-refractivity contribution is 0.580. The summed E-state index contributed by atoms with van der Waals surface area (Å²) in [6.07, 6.45) is 0. The highest BCUT2D eigenvalue weighted by molar-refractivity contribution is 7.89. The third kappa shape index (κ3) is 2.18. The Labute approximate surface area is 120 Å². The fraction of sp³-hybridized carbons (Fsp3) is 0.0769. The molecule has 8 heteroatoms. The number of nitrogens with two attached hydrogens (primary N) is 1. The normalized spacial score (nSPS) is 12.0. The van der Waals surface area contributed by atoms with E-state index >= 15 is 0 Å². The SMILES string of the molecule is Cn1c(-c2ccc(F)c3ccccc23)nnc1S(N)(=O)=O. The average molecular weight is 306 g/mol. The van der Waals surface area contributed by atoms with Crippen molar-refractivity contribution < 1.29 is 12.8 Å². The van der Waals surface area contributed by atoms with Gasteiger partial charge in [-0.15, -0.1) is 10.2 Å². The molecule has 0 spiro atoms. The van der Waals surface area contributed by atoms with Gasteiger partial charge in [-0.05, 0) is 17.5 Å². The molecule has 0 aliphatic rings. The number of hydrogen-bond acceptors (Lipinski definition) is 4. The van der Waals surface area contributed by atoms with Crippen LogP contribution in [0.1, 0.15) is 0 Å². The number of benzene rings is 2. The van der Waals surface area contributed by atoms with Crippen LogP contribution in [0, 0.1) is 5.82 Å². The molecule has 108 valence electrons. The molecule has 0 aliphatic carbocycles. The Balaban J connectivity index is 2.33. The number of rotatable bonds is 2. The number of aromatic nitrogens is 3. The van der Waals surface area contributed by atoms with Crippen LogP contribution in [0.5, 0.6) is 0 Å². The van der Waals surface area contributed by atoms with Crippen LogP contribution in [0.3, 0.4) is 0 Å². The van der Waals surface area contributed by atoms with E-state index in [1.54, 1.807) is 24.3 Å². The van der Waals surface area contributed by atoms with Gasteiger partial charge in [-0.1, -0.05) is 24.3 Å². The Kier molecular flexibility index (Phi) is 2.99. The average Bonchev–Trinajstić information content (AvgIpc) is 2.81. The first-order chi connectivity index (χ1) is 9.89. The van der Waals surface area contributed by atoms with Gasteiger partial charge in [-0.2, -0.15) is 0 Å². The standard InChI is InChI=1S/C13H11FN4O2S/c1-18-12(16-17-13(18)21(15,19)20)10-6-7-11(14)9-5-3-2-4-8(9)10/h2-7H,1H3,(H2,15,19,20). The van der Waals surface area contributed by atoms with Crippen molar-refractivity contribution in [3.05, 3.63) is 42.2 Å². The Bertz CT molecular complexity index is 950. The molecule has 6 nitrogen and oxygen atoms in total. The minimum absolute atomic E-state index is 0.301. The molecule has 0 radical (unpaired) electrons. The van der Waals surface area contributed by atoms with E-state index in [1.807, 2.05) is 0 Å². The maximum atomic E-state index is 13.8. The van der Waals surface area contributed by atoms with Crippen molar-refractivity contribution in [3.63, 3.8) is 0 Å². The third-order valence-corrected chi connectivity index (χ3v) is 4.07. The van der Waals surface area contributed by atoms with Crippen molar-refractivity contribution in [1.82, 2.24) is 14.8 Å². The van der Waals surface area contributed by atoms with Gasteiger partial charge in [0.25, 0.3) is 15.2 Å². The van der Waals surface area contributed by atoms with Crippen LogP contribution in [0.2, 0.25) is 0 Å².